The minimum atomic E-state index is -0.228. The molecule has 0 amide bonds. The van der Waals surface area contributed by atoms with Crippen LogP contribution in [0.3, 0.4) is 0 Å². The standard InChI is InChI=1S/C16H30O/c1-14(2)12-10-8-6-7-9-11-13-15(17)16(3,4)5/h11,13-14H,6-10,12H2,1-5H3/b13-11-. The Labute approximate surface area is 108 Å². The van der Waals surface area contributed by atoms with Crippen LogP contribution in [-0.4, -0.2) is 5.78 Å². The molecule has 0 spiro atoms. The summed E-state index contributed by atoms with van der Waals surface area (Å²) in [5.74, 6) is 1.07. The first-order valence-corrected chi connectivity index (χ1v) is 7.05. The maximum Gasteiger partial charge on any atom is 0.160 e. The summed E-state index contributed by atoms with van der Waals surface area (Å²) in [7, 11) is 0. The average molecular weight is 238 g/mol. The summed E-state index contributed by atoms with van der Waals surface area (Å²) in [4.78, 5) is 11.6. The van der Waals surface area contributed by atoms with E-state index in [0.29, 0.717) is 0 Å². The van der Waals surface area contributed by atoms with Crippen LogP contribution in [0, 0.1) is 11.3 Å². The van der Waals surface area contributed by atoms with E-state index in [1.54, 1.807) is 6.08 Å². The lowest BCUT2D eigenvalue weighted by molar-refractivity contribution is -0.121. The van der Waals surface area contributed by atoms with E-state index in [4.69, 9.17) is 0 Å². The van der Waals surface area contributed by atoms with E-state index in [9.17, 15) is 4.79 Å². The van der Waals surface area contributed by atoms with Crippen LogP contribution in [0.25, 0.3) is 0 Å². The maximum atomic E-state index is 11.6. The summed E-state index contributed by atoms with van der Waals surface area (Å²) in [5, 5.41) is 0. The van der Waals surface area contributed by atoms with Crippen LogP contribution < -0.4 is 0 Å². The molecule has 0 aromatic rings. The third kappa shape index (κ3) is 10.3. The van der Waals surface area contributed by atoms with E-state index in [1.165, 1.54) is 32.1 Å². The molecule has 0 unspecified atom stereocenters. The Hall–Kier alpha value is -0.590. The third-order valence-electron chi connectivity index (χ3n) is 2.91. The van der Waals surface area contributed by atoms with Crippen molar-refractivity contribution in [2.45, 2.75) is 73.1 Å². The third-order valence-corrected chi connectivity index (χ3v) is 2.91. The van der Waals surface area contributed by atoms with E-state index in [1.807, 2.05) is 26.8 Å². The van der Waals surface area contributed by atoms with E-state index in [-0.39, 0.29) is 11.2 Å². The lowest BCUT2D eigenvalue weighted by Gasteiger charge is -2.12. The molecule has 100 valence electrons. The minimum Gasteiger partial charge on any atom is -0.294 e. The van der Waals surface area contributed by atoms with Gasteiger partial charge in [-0.1, -0.05) is 66.4 Å². The van der Waals surface area contributed by atoms with Crippen LogP contribution in [0.2, 0.25) is 0 Å². The van der Waals surface area contributed by atoms with Crippen molar-refractivity contribution < 1.29 is 4.79 Å². The van der Waals surface area contributed by atoms with Gasteiger partial charge in [-0.05, 0) is 24.8 Å². The summed E-state index contributed by atoms with van der Waals surface area (Å²) in [6.07, 6.45) is 11.4. The van der Waals surface area contributed by atoms with Crippen molar-refractivity contribution in [2.24, 2.45) is 11.3 Å². The molecule has 0 rings (SSSR count). The Balaban J connectivity index is 3.46. The monoisotopic (exact) mass is 238 g/mol. The van der Waals surface area contributed by atoms with Crippen LogP contribution in [0.4, 0.5) is 0 Å². The Morgan fingerprint density at radius 3 is 2.18 bits per heavy atom. The second-order valence-corrected chi connectivity index (χ2v) is 6.40. The molecule has 0 radical (unpaired) electrons. The lowest BCUT2D eigenvalue weighted by atomic mass is 9.90. The molecule has 0 aliphatic carbocycles. The Morgan fingerprint density at radius 1 is 1.06 bits per heavy atom. The second kappa shape index (κ2) is 8.49. The molecule has 0 N–H and O–H groups in total. The van der Waals surface area contributed by atoms with Gasteiger partial charge < -0.3 is 0 Å². The first-order valence-electron chi connectivity index (χ1n) is 7.05. The average Bonchev–Trinajstić information content (AvgIpc) is 2.19. The SMILES string of the molecule is CC(C)CCCCCC/C=C\C(=O)C(C)(C)C. The van der Waals surface area contributed by atoms with Gasteiger partial charge in [0, 0.05) is 5.41 Å². The van der Waals surface area contributed by atoms with Gasteiger partial charge in [-0.15, -0.1) is 0 Å². The molecule has 1 heteroatoms. The molecular formula is C16H30O. The van der Waals surface area contributed by atoms with Gasteiger partial charge in [-0.25, -0.2) is 0 Å². The molecule has 1 nitrogen and oxygen atoms in total. The summed E-state index contributed by atoms with van der Waals surface area (Å²) in [6, 6.07) is 0. The van der Waals surface area contributed by atoms with Gasteiger partial charge in [-0.3, -0.25) is 4.79 Å². The molecule has 0 atom stereocenters. The quantitative estimate of drug-likeness (QED) is 0.422. The van der Waals surface area contributed by atoms with Crippen LogP contribution in [0.15, 0.2) is 12.2 Å². The van der Waals surface area contributed by atoms with Crippen LogP contribution in [0.5, 0.6) is 0 Å². The zero-order chi connectivity index (χ0) is 13.3. The van der Waals surface area contributed by atoms with E-state index >= 15 is 0 Å². The van der Waals surface area contributed by atoms with Crippen molar-refractivity contribution in [3.63, 3.8) is 0 Å². The molecular weight excluding hydrogens is 208 g/mol. The number of hydrogen-bond acceptors (Lipinski definition) is 1. The van der Waals surface area contributed by atoms with Gasteiger partial charge in [-0.2, -0.15) is 0 Å². The highest BCUT2D eigenvalue weighted by atomic mass is 16.1. The van der Waals surface area contributed by atoms with Gasteiger partial charge in [0.15, 0.2) is 5.78 Å². The van der Waals surface area contributed by atoms with Crippen molar-refractivity contribution in [3.05, 3.63) is 12.2 Å². The van der Waals surface area contributed by atoms with Crippen molar-refractivity contribution in [3.8, 4) is 0 Å². The number of rotatable bonds is 8. The Morgan fingerprint density at radius 2 is 1.65 bits per heavy atom. The van der Waals surface area contributed by atoms with E-state index < -0.39 is 0 Å². The highest BCUT2D eigenvalue weighted by Crippen LogP contribution is 2.15. The molecule has 0 saturated carbocycles. The molecule has 0 aliphatic rings. The molecule has 0 aromatic carbocycles. The molecule has 0 saturated heterocycles. The van der Waals surface area contributed by atoms with Crippen LogP contribution in [-0.2, 0) is 4.79 Å². The van der Waals surface area contributed by atoms with Crippen LogP contribution in [0.1, 0.15) is 73.1 Å². The highest BCUT2D eigenvalue weighted by Gasteiger charge is 2.17. The van der Waals surface area contributed by atoms with Gasteiger partial charge in [0.1, 0.15) is 0 Å². The predicted molar refractivity (Wildman–Crippen MR) is 76.1 cm³/mol. The predicted octanol–water partition coefficient (Wildman–Crippen LogP) is 5.15. The molecule has 0 aliphatic heterocycles. The van der Waals surface area contributed by atoms with Crippen molar-refractivity contribution >= 4 is 5.78 Å². The van der Waals surface area contributed by atoms with Crippen molar-refractivity contribution in [1.29, 1.82) is 0 Å². The smallest absolute Gasteiger partial charge is 0.160 e. The zero-order valence-corrected chi connectivity index (χ0v) is 12.4. The maximum absolute atomic E-state index is 11.6. The number of carbonyl (C=O) groups excluding carboxylic acids is 1. The summed E-state index contributed by atoms with van der Waals surface area (Å²) in [6.45, 7) is 10.4. The molecule has 0 fully saturated rings. The fourth-order valence-electron chi connectivity index (χ4n) is 1.61. The minimum absolute atomic E-state index is 0.228. The zero-order valence-electron chi connectivity index (χ0n) is 12.4. The number of ketones is 1. The Bertz CT molecular complexity index is 230. The lowest BCUT2D eigenvalue weighted by Crippen LogP contribution is -2.17. The van der Waals surface area contributed by atoms with Crippen LogP contribution >= 0.6 is 0 Å². The first-order chi connectivity index (χ1) is 7.84. The second-order valence-electron chi connectivity index (χ2n) is 6.40. The first kappa shape index (κ1) is 16.4. The molecule has 0 heterocycles. The molecule has 0 bridgehead atoms. The molecule has 17 heavy (non-hydrogen) atoms. The number of hydrogen-bond donors (Lipinski definition) is 0. The topological polar surface area (TPSA) is 17.1 Å². The Kier molecular flexibility index (Phi) is 8.20. The number of allylic oxidation sites excluding steroid dienone is 2. The number of unbranched alkanes of at least 4 members (excludes halogenated alkanes) is 4. The molecule has 0 aromatic heterocycles. The van der Waals surface area contributed by atoms with Gasteiger partial charge >= 0.3 is 0 Å². The summed E-state index contributed by atoms with van der Waals surface area (Å²) in [5.41, 5.74) is -0.228. The van der Waals surface area contributed by atoms with Gasteiger partial charge in [0.25, 0.3) is 0 Å². The summed E-state index contributed by atoms with van der Waals surface area (Å²) >= 11 is 0. The van der Waals surface area contributed by atoms with Gasteiger partial charge in [0.05, 0.1) is 0 Å². The van der Waals surface area contributed by atoms with Crippen molar-refractivity contribution in [2.75, 3.05) is 0 Å². The normalized spacial score (nSPS) is 12.6. The fourth-order valence-corrected chi connectivity index (χ4v) is 1.61. The van der Waals surface area contributed by atoms with Gasteiger partial charge in [0.2, 0.25) is 0 Å². The highest BCUT2D eigenvalue weighted by molar-refractivity contribution is 5.93. The largest absolute Gasteiger partial charge is 0.294 e. The van der Waals surface area contributed by atoms with E-state index in [2.05, 4.69) is 13.8 Å². The van der Waals surface area contributed by atoms with Crippen molar-refractivity contribution in [1.82, 2.24) is 0 Å². The summed E-state index contributed by atoms with van der Waals surface area (Å²) < 4.78 is 0. The van der Waals surface area contributed by atoms with E-state index in [0.717, 1.165) is 12.3 Å². The fraction of sp³-hybridized carbons (Fsp3) is 0.812. The number of carbonyl (C=O) groups is 1.